The number of rotatable bonds is 7. The van der Waals surface area contributed by atoms with Gasteiger partial charge in [0.15, 0.2) is 0 Å². The molecule has 0 aliphatic carbocycles. The summed E-state index contributed by atoms with van der Waals surface area (Å²) >= 11 is 2.24. The molecule has 2 aromatic rings. The Morgan fingerprint density at radius 3 is 2.73 bits per heavy atom. The van der Waals surface area contributed by atoms with Crippen LogP contribution in [0.4, 0.5) is 9.18 Å². The minimum Gasteiger partial charge on any atom is -0.485 e. The number of fused-ring (bicyclic) bond motifs is 1. The van der Waals surface area contributed by atoms with E-state index in [2.05, 4.69) is 47.2 Å². The summed E-state index contributed by atoms with van der Waals surface area (Å²) in [6, 6.07) is 2.85. The SMILES string of the molecule is CC(C)(C)OC(=O)N1CC[C@@H](F)[C@@H](Oc2ccnc3c2c(I)cn3COCC[Si](C)(C)C)C1. The van der Waals surface area contributed by atoms with Crippen molar-refractivity contribution >= 4 is 47.8 Å². The van der Waals surface area contributed by atoms with Crippen LogP contribution in [-0.4, -0.2) is 66.2 Å². The predicted octanol–water partition coefficient (Wildman–Crippen LogP) is 5.68. The molecule has 10 heteroatoms. The van der Waals surface area contributed by atoms with Gasteiger partial charge in [0.2, 0.25) is 0 Å². The summed E-state index contributed by atoms with van der Waals surface area (Å²) in [5.41, 5.74) is 0.132. The minimum absolute atomic E-state index is 0.136. The van der Waals surface area contributed by atoms with Gasteiger partial charge in [0.05, 0.1) is 11.9 Å². The molecule has 0 radical (unpaired) electrons. The quantitative estimate of drug-likeness (QED) is 0.236. The number of piperidine rings is 1. The van der Waals surface area contributed by atoms with E-state index in [4.69, 9.17) is 14.2 Å². The third kappa shape index (κ3) is 7.29. The number of alkyl halides is 1. The van der Waals surface area contributed by atoms with Crippen molar-refractivity contribution in [2.45, 2.75) is 77.5 Å². The van der Waals surface area contributed by atoms with Crippen LogP contribution in [-0.2, 0) is 16.2 Å². The predicted molar refractivity (Wildman–Crippen MR) is 138 cm³/mol. The molecule has 184 valence electrons. The Kier molecular flexibility index (Phi) is 8.31. The number of aromatic nitrogens is 2. The topological polar surface area (TPSA) is 65.8 Å². The molecule has 0 aromatic carbocycles. The molecule has 1 amide bonds. The highest BCUT2D eigenvalue weighted by Crippen LogP contribution is 2.32. The average Bonchev–Trinajstić information content (AvgIpc) is 3.01. The van der Waals surface area contributed by atoms with Gasteiger partial charge in [0.1, 0.15) is 36.0 Å². The smallest absolute Gasteiger partial charge is 0.410 e. The first-order chi connectivity index (χ1) is 15.3. The zero-order valence-electron chi connectivity index (χ0n) is 20.4. The van der Waals surface area contributed by atoms with Gasteiger partial charge in [0.25, 0.3) is 0 Å². The van der Waals surface area contributed by atoms with E-state index >= 15 is 0 Å². The fraction of sp³-hybridized carbons (Fsp3) is 0.652. The number of halogens is 2. The number of carbonyl (C=O) groups excluding carboxylic acids is 1. The number of hydrogen-bond acceptors (Lipinski definition) is 5. The number of ether oxygens (including phenoxy) is 3. The molecule has 1 saturated heterocycles. The Hall–Kier alpha value is -1.40. The zero-order chi connectivity index (χ0) is 24.4. The summed E-state index contributed by atoms with van der Waals surface area (Å²) in [5.74, 6) is 0.559. The molecular weight excluding hydrogens is 556 g/mol. The molecule has 0 saturated carbocycles. The molecule has 1 aliphatic rings. The van der Waals surface area contributed by atoms with Gasteiger partial charge in [0, 0.05) is 43.6 Å². The summed E-state index contributed by atoms with van der Waals surface area (Å²) in [6.07, 6.45) is 1.45. The van der Waals surface area contributed by atoms with Crippen LogP contribution >= 0.6 is 22.6 Å². The molecule has 2 aromatic heterocycles. The maximum absolute atomic E-state index is 14.8. The summed E-state index contributed by atoms with van der Waals surface area (Å²) in [5, 5.41) is 0.827. The Morgan fingerprint density at radius 2 is 2.06 bits per heavy atom. The molecule has 7 nitrogen and oxygen atoms in total. The summed E-state index contributed by atoms with van der Waals surface area (Å²) < 4.78 is 35.2. The molecule has 0 N–H and O–H groups in total. The molecule has 0 bridgehead atoms. The number of likely N-dealkylation sites (tertiary alicyclic amines) is 1. The standard InChI is InChI=1S/C23H35FIN3O4Si/c1-23(2,3)32-22(29)27-10-8-16(24)19(14-27)31-18-7-9-26-21-20(18)17(25)13-28(21)15-30-11-12-33(4,5)6/h7,9,13,16,19H,8,10-12,14-15H2,1-6H3/t16-,19+/m1/s1. The Bertz CT molecular complexity index is 973. The van der Waals surface area contributed by atoms with Gasteiger partial charge in [-0.3, -0.25) is 0 Å². The summed E-state index contributed by atoms with van der Waals surface area (Å²) in [4.78, 5) is 18.5. The van der Waals surface area contributed by atoms with Gasteiger partial charge in [-0.1, -0.05) is 19.6 Å². The Labute approximate surface area is 210 Å². The minimum atomic E-state index is -1.17. The van der Waals surface area contributed by atoms with Crippen molar-refractivity contribution < 1.29 is 23.4 Å². The number of hydrogen-bond donors (Lipinski definition) is 0. The van der Waals surface area contributed by atoms with Crippen LogP contribution < -0.4 is 4.74 Å². The zero-order valence-corrected chi connectivity index (χ0v) is 23.5. The normalized spacial score (nSPS) is 19.7. The summed E-state index contributed by atoms with van der Waals surface area (Å²) in [6.45, 7) is 14.0. The van der Waals surface area contributed by atoms with Crippen molar-refractivity contribution in [2.75, 3.05) is 19.7 Å². The van der Waals surface area contributed by atoms with Crippen molar-refractivity contribution in [1.29, 1.82) is 0 Å². The second-order valence-corrected chi connectivity index (χ2v) is 17.5. The number of amides is 1. The van der Waals surface area contributed by atoms with Gasteiger partial charge in [-0.25, -0.2) is 14.2 Å². The van der Waals surface area contributed by atoms with Gasteiger partial charge in [-0.2, -0.15) is 0 Å². The highest BCUT2D eigenvalue weighted by atomic mass is 127. The van der Waals surface area contributed by atoms with Gasteiger partial charge in [-0.15, -0.1) is 0 Å². The first-order valence-corrected chi connectivity index (χ1v) is 16.1. The van der Waals surface area contributed by atoms with Crippen molar-refractivity contribution in [1.82, 2.24) is 14.5 Å². The van der Waals surface area contributed by atoms with Crippen LogP contribution in [0.1, 0.15) is 27.2 Å². The molecule has 3 rings (SSSR count). The van der Waals surface area contributed by atoms with E-state index in [1.54, 1.807) is 12.3 Å². The molecule has 0 unspecified atom stereocenters. The van der Waals surface area contributed by atoms with Crippen molar-refractivity contribution in [2.24, 2.45) is 0 Å². The van der Waals surface area contributed by atoms with E-state index in [1.165, 1.54) is 4.90 Å². The lowest BCUT2D eigenvalue weighted by atomic mass is 10.1. The van der Waals surface area contributed by atoms with Crippen LogP contribution in [0.2, 0.25) is 25.7 Å². The van der Waals surface area contributed by atoms with Crippen LogP contribution in [0.5, 0.6) is 5.75 Å². The third-order valence-corrected chi connectivity index (χ3v) is 7.83. The first-order valence-electron chi connectivity index (χ1n) is 11.3. The van der Waals surface area contributed by atoms with E-state index in [1.807, 2.05) is 31.5 Å². The fourth-order valence-corrected chi connectivity index (χ4v) is 5.13. The Morgan fingerprint density at radius 1 is 1.33 bits per heavy atom. The second kappa shape index (κ2) is 10.5. The highest BCUT2D eigenvalue weighted by molar-refractivity contribution is 14.1. The lowest BCUT2D eigenvalue weighted by molar-refractivity contribution is -0.0119. The van der Waals surface area contributed by atoms with Crippen molar-refractivity contribution in [3.63, 3.8) is 0 Å². The second-order valence-electron chi connectivity index (χ2n) is 10.7. The lowest BCUT2D eigenvalue weighted by Gasteiger charge is -2.36. The molecule has 0 spiro atoms. The van der Waals surface area contributed by atoms with E-state index in [0.717, 1.165) is 20.6 Å². The van der Waals surface area contributed by atoms with Crippen molar-refractivity contribution in [3.05, 3.63) is 22.0 Å². The van der Waals surface area contributed by atoms with Gasteiger partial charge in [-0.05, 0) is 55.5 Å². The molecular formula is C23H35FIN3O4Si. The molecule has 33 heavy (non-hydrogen) atoms. The Balaban J connectivity index is 1.73. The highest BCUT2D eigenvalue weighted by Gasteiger charge is 2.35. The van der Waals surface area contributed by atoms with Crippen LogP contribution in [0.25, 0.3) is 11.0 Å². The van der Waals surface area contributed by atoms with Gasteiger partial charge >= 0.3 is 6.09 Å². The number of nitrogens with zero attached hydrogens (tertiary/aromatic N) is 3. The first kappa shape index (κ1) is 26.2. The van der Waals surface area contributed by atoms with E-state index in [-0.39, 0.29) is 13.0 Å². The summed E-state index contributed by atoms with van der Waals surface area (Å²) in [7, 11) is -1.16. The lowest BCUT2D eigenvalue weighted by Crippen LogP contribution is -2.51. The molecule has 3 heterocycles. The largest absolute Gasteiger partial charge is 0.485 e. The molecule has 1 fully saturated rings. The van der Waals surface area contributed by atoms with E-state index in [9.17, 15) is 9.18 Å². The van der Waals surface area contributed by atoms with Crippen LogP contribution in [0, 0.1) is 3.57 Å². The van der Waals surface area contributed by atoms with Crippen LogP contribution in [0.3, 0.4) is 0 Å². The monoisotopic (exact) mass is 591 g/mol. The number of pyridine rings is 1. The van der Waals surface area contributed by atoms with E-state index < -0.39 is 32.0 Å². The third-order valence-electron chi connectivity index (χ3n) is 5.31. The maximum atomic E-state index is 14.8. The van der Waals surface area contributed by atoms with Crippen molar-refractivity contribution in [3.8, 4) is 5.75 Å². The number of carbonyl (C=O) groups is 1. The average molecular weight is 592 g/mol. The van der Waals surface area contributed by atoms with E-state index in [0.29, 0.717) is 25.6 Å². The molecule has 1 aliphatic heterocycles. The maximum Gasteiger partial charge on any atom is 0.410 e. The van der Waals surface area contributed by atoms with Crippen LogP contribution in [0.15, 0.2) is 18.5 Å². The van der Waals surface area contributed by atoms with Gasteiger partial charge < -0.3 is 23.7 Å². The fourth-order valence-electron chi connectivity index (χ4n) is 3.53. The molecule has 2 atom stereocenters.